The van der Waals surface area contributed by atoms with Gasteiger partial charge in [-0.25, -0.2) is 4.98 Å². The number of nitrogen functional groups attached to an aromatic ring is 1. The molecule has 1 atom stereocenters. The molecule has 1 aliphatic carbocycles. The van der Waals surface area contributed by atoms with Gasteiger partial charge in [-0.3, -0.25) is 4.79 Å². The van der Waals surface area contributed by atoms with Crippen LogP contribution < -0.4 is 5.73 Å². The van der Waals surface area contributed by atoms with Gasteiger partial charge in [0.25, 0.3) is 0 Å². The molecule has 1 unspecified atom stereocenters. The summed E-state index contributed by atoms with van der Waals surface area (Å²) in [5.74, 6) is 0. The first-order chi connectivity index (χ1) is 7.79. The number of nitrogens with two attached hydrogens (primary N) is 1. The number of hydrogen-bond acceptors (Lipinski definition) is 6. The molecule has 84 valence electrons. The highest BCUT2D eigenvalue weighted by Crippen LogP contribution is 2.15. The maximum atomic E-state index is 10.8. The lowest BCUT2D eigenvalue weighted by atomic mass is 10.3. The van der Waals surface area contributed by atoms with Crippen molar-refractivity contribution in [2.45, 2.75) is 18.9 Å². The van der Waals surface area contributed by atoms with Crippen LogP contribution in [0.25, 0.3) is 0 Å². The van der Waals surface area contributed by atoms with Crippen LogP contribution in [0.4, 0.5) is 5.13 Å². The zero-order valence-electron chi connectivity index (χ0n) is 8.50. The van der Waals surface area contributed by atoms with E-state index < -0.39 is 0 Å². The van der Waals surface area contributed by atoms with Crippen LogP contribution in [0, 0.1) is 0 Å². The zero-order chi connectivity index (χ0) is 11.4. The van der Waals surface area contributed by atoms with Crippen molar-refractivity contribution in [2.75, 3.05) is 5.73 Å². The highest BCUT2D eigenvalue weighted by molar-refractivity contribution is 7.13. The van der Waals surface area contributed by atoms with Gasteiger partial charge in [0, 0.05) is 5.38 Å². The van der Waals surface area contributed by atoms with E-state index in [1.807, 2.05) is 12.2 Å². The Hall–Kier alpha value is -1.69. The number of nitrogens with zero attached hydrogens (tertiary/aromatic N) is 2. The minimum atomic E-state index is -0.0362. The van der Waals surface area contributed by atoms with Crippen LogP contribution in [-0.2, 0) is 9.63 Å². The van der Waals surface area contributed by atoms with E-state index in [4.69, 9.17) is 10.6 Å². The second-order valence-corrected chi connectivity index (χ2v) is 4.20. The minimum Gasteiger partial charge on any atom is -0.388 e. The lowest BCUT2D eigenvalue weighted by molar-refractivity contribution is -0.102. The van der Waals surface area contributed by atoms with Gasteiger partial charge in [0.1, 0.15) is 11.8 Å². The van der Waals surface area contributed by atoms with Gasteiger partial charge in [-0.1, -0.05) is 11.2 Å². The van der Waals surface area contributed by atoms with Crippen molar-refractivity contribution in [1.82, 2.24) is 4.98 Å². The van der Waals surface area contributed by atoms with Gasteiger partial charge in [-0.05, 0) is 18.9 Å². The Kier molecular flexibility index (Phi) is 3.31. The second-order valence-electron chi connectivity index (χ2n) is 3.31. The Labute approximate surface area is 96.6 Å². The molecule has 5 nitrogen and oxygen atoms in total. The quantitative estimate of drug-likeness (QED) is 0.371. The molecule has 0 radical (unpaired) electrons. The topological polar surface area (TPSA) is 77.6 Å². The van der Waals surface area contributed by atoms with Gasteiger partial charge in [0.2, 0.25) is 0 Å². The number of aromatic nitrogens is 1. The van der Waals surface area contributed by atoms with E-state index in [0.29, 0.717) is 17.1 Å². The number of aldehydes is 1. The Morgan fingerprint density at radius 2 is 2.62 bits per heavy atom. The summed E-state index contributed by atoms with van der Waals surface area (Å²) < 4.78 is 0. The molecule has 16 heavy (non-hydrogen) atoms. The molecule has 0 saturated carbocycles. The Bertz CT molecular complexity index is 439. The van der Waals surface area contributed by atoms with E-state index in [1.54, 1.807) is 5.38 Å². The van der Waals surface area contributed by atoms with E-state index in [2.05, 4.69) is 10.1 Å². The van der Waals surface area contributed by atoms with Crippen LogP contribution in [0.15, 0.2) is 22.7 Å². The smallest absolute Gasteiger partial charge is 0.180 e. The maximum absolute atomic E-state index is 10.8. The number of carbonyl (C=O) groups is 1. The molecule has 1 heterocycles. The average Bonchev–Trinajstić information content (AvgIpc) is 2.91. The molecule has 0 aliphatic heterocycles. The number of rotatable bonds is 4. The molecular weight excluding hydrogens is 226 g/mol. The highest BCUT2D eigenvalue weighted by Gasteiger charge is 2.12. The van der Waals surface area contributed by atoms with Crippen molar-refractivity contribution < 1.29 is 9.63 Å². The van der Waals surface area contributed by atoms with E-state index in [-0.39, 0.29) is 11.8 Å². The predicted octanol–water partition coefficient (Wildman–Crippen LogP) is 1.36. The number of oxime groups is 1. The van der Waals surface area contributed by atoms with Gasteiger partial charge in [-0.15, -0.1) is 11.3 Å². The molecule has 2 N–H and O–H groups in total. The first-order valence-electron chi connectivity index (χ1n) is 4.86. The predicted molar refractivity (Wildman–Crippen MR) is 62.4 cm³/mol. The second kappa shape index (κ2) is 4.89. The van der Waals surface area contributed by atoms with Crippen molar-refractivity contribution >= 4 is 28.5 Å². The normalized spacial score (nSPS) is 20.0. The van der Waals surface area contributed by atoms with Gasteiger partial charge in [-0.2, -0.15) is 0 Å². The van der Waals surface area contributed by atoms with Crippen LogP contribution in [0.5, 0.6) is 0 Å². The lowest BCUT2D eigenvalue weighted by Crippen LogP contribution is -2.08. The maximum Gasteiger partial charge on any atom is 0.180 e. The lowest BCUT2D eigenvalue weighted by Gasteiger charge is -2.04. The summed E-state index contributed by atoms with van der Waals surface area (Å²) in [6.45, 7) is 0. The number of thiazole rings is 1. The molecule has 0 spiro atoms. The number of anilines is 1. The van der Waals surface area contributed by atoms with Gasteiger partial charge < -0.3 is 10.6 Å². The largest absolute Gasteiger partial charge is 0.388 e. The van der Waals surface area contributed by atoms with Crippen LogP contribution in [0.3, 0.4) is 0 Å². The van der Waals surface area contributed by atoms with Gasteiger partial charge in [0.15, 0.2) is 17.1 Å². The first-order valence-corrected chi connectivity index (χ1v) is 5.74. The van der Waals surface area contributed by atoms with E-state index in [9.17, 15) is 4.79 Å². The molecule has 0 amide bonds. The Balaban J connectivity index is 2.06. The van der Waals surface area contributed by atoms with Crippen molar-refractivity contribution in [1.29, 1.82) is 0 Å². The first kappa shape index (κ1) is 10.8. The van der Waals surface area contributed by atoms with Crippen LogP contribution in [0.1, 0.15) is 18.5 Å². The fourth-order valence-electron chi connectivity index (χ4n) is 1.35. The molecule has 1 aromatic heterocycles. The van der Waals surface area contributed by atoms with Crippen LogP contribution >= 0.6 is 11.3 Å². The molecular formula is C10H11N3O2S. The third kappa shape index (κ3) is 2.46. The van der Waals surface area contributed by atoms with Crippen molar-refractivity contribution in [3.8, 4) is 0 Å². The van der Waals surface area contributed by atoms with E-state index >= 15 is 0 Å². The average molecular weight is 237 g/mol. The summed E-state index contributed by atoms with van der Waals surface area (Å²) in [6, 6.07) is 0. The molecule has 2 rings (SSSR count). The fraction of sp³-hybridized carbons (Fsp3) is 0.300. The van der Waals surface area contributed by atoms with Crippen molar-refractivity contribution in [3.63, 3.8) is 0 Å². The standard InChI is InChI=1S/C10H11N3O2S/c11-10-12-9(6-16-10)8(5-14)13-15-7-3-1-2-4-7/h1,3,5-7H,2,4H2,(H2,11,12). The molecule has 0 saturated heterocycles. The summed E-state index contributed by atoms with van der Waals surface area (Å²) in [5.41, 5.74) is 6.11. The molecule has 0 fully saturated rings. The summed E-state index contributed by atoms with van der Waals surface area (Å²) >= 11 is 1.26. The SMILES string of the molecule is Nc1nc(C(C=O)=NOC2C=CCC2)cs1. The summed E-state index contributed by atoms with van der Waals surface area (Å²) in [5, 5.41) is 5.88. The summed E-state index contributed by atoms with van der Waals surface area (Å²) in [4.78, 5) is 20.0. The fourth-order valence-corrected chi connectivity index (χ4v) is 1.91. The van der Waals surface area contributed by atoms with Crippen molar-refractivity contribution in [2.24, 2.45) is 5.16 Å². The molecule has 6 heteroatoms. The van der Waals surface area contributed by atoms with Crippen LogP contribution in [0.2, 0.25) is 0 Å². The third-order valence-corrected chi connectivity index (χ3v) is 2.82. The molecule has 0 bridgehead atoms. The minimum absolute atomic E-state index is 0.0362. The molecule has 0 aromatic carbocycles. The summed E-state index contributed by atoms with van der Waals surface area (Å²) in [6.07, 6.45) is 6.43. The highest BCUT2D eigenvalue weighted by atomic mass is 32.1. The number of carbonyl (C=O) groups excluding carboxylic acids is 1. The van der Waals surface area contributed by atoms with E-state index in [1.165, 1.54) is 11.3 Å². The Morgan fingerprint density at radius 1 is 1.75 bits per heavy atom. The van der Waals surface area contributed by atoms with E-state index in [0.717, 1.165) is 12.8 Å². The molecule has 1 aromatic rings. The third-order valence-electron chi connectivity index (χ3n) is 2.15. The van der Waals surface area contributed by atoms with Crippen molar-refractivity contribution in [3.05, 3.63) is 23.2 Å². The zero-order valence-corrected chi connectivity index (χ0v) is 9.31. The Morgan fingerprint density at radius 3 is 3.19 bits per heavy atom. The molecule has 1 aliphatic rings. The number of allylic oxidation sites excluding steroid dienone is 1. The monoisotopic (exact) mass is 237 g/mol. The van der Waals surface area contributed by atoms with Gasteiger partial charge >= 0.3 is 0 Å². The van der Waals surface area contributed by atoms with Crippen LogP contribution in [-0.4, -0.2) is 23.1 Å². The summed E-state index contributed by atoms with van der Waals surface area (Å²) in [7, 11) is 0. The van der Waals surface area contributed by atoms with Gasteiger partial charge in [0.05, 0.1) is 0 Å². The number of hydrogen-bond donors (Lipinski definition) is 1.